The van der Waals surface area contributed by atoms with Crippen LogP contribution in [0.4, 0.5) is 4.39 Å². The summed E-state index contributed by atoms with van der Waals surface area (Å²) in [5.74, 6) is 0.383. The minimum absolute atomic E-state index is 0.256. The lowest BCUT2D eigenvalue weighted by Crippen LogP contribution is -2.33. The van der Waals surface area contributed by atoms with Gasteiger partial charge in [-0.25, -0.2) is 4.98 Å². The summed E-state index contributed by atoms with van der Waals surface area (Å²) >= 11 is 0. The third-order valence-corrected chi connectivity index (χ3v) is 3.39. The Morgan fingerprint density at radius 2 is 2.40 bits per heavy atom. The molecule has 80 valence electrons. The molecule has 0 aliphatic carbocycles. The molecule has 0 saturated carbocycles. The van der Waals surface area contributed by atoms with E-state index in [1.165, 1.54) is 6.20 Å². The van der Waals surface area contributed by atoms with E-state index in [1.807, 2.05) is 0 Å². The summed E-state index contributed by atoms with van der Waals surface area (Å²) in [5, 5.41) is 3.47. The van der Waals surface area contributed by atoms with Gasteiger partial charge in [-0.3, -0.25) is 0 Å². The van der Waals surface area contributed by atoms with Gasteiger partial charge in [0.25, 0.3) is 0 Å². The predicted molar refractivity (Wildman–Crippen MR) is 53.3 cm³/mol. The van der Waals surface area contributed by atoms with E-state index >= 15 is 0 Å². The molecule has 1 N–H and O–H groups in total. The fourth-order valence-corrected chi connectivity index (χ4v) is 2.72. The van der Waals surface area contributed by atoms with Gasteiger partial charge in [-0.05, 0) is 19.3 Å². The monoisotopic (exact) mass is 208 g/mol. The van der Waals surface area contributed by atoms with Crippen LogP contribution in [0.1, 0.15) is 30.0 Å². The Hall–Kier alpha value is -1.16. The van der Waals surface area contributed by atoms with Crippen LogP contribution in [0.5, 0.6) is 5.75 Å². The fraction of sp³-hybridized carbons (Fsp3) is 0.545. The van der Waals surface area contributed by atoms with Crippen molar-refractivity contribution in [2.24, 2.45) is 0 Å². The van der Waals surface area contributed by atoms with Crippen LogP contribution >= 0.6 is 0 Å². The van der Waals surface area contributed by atoms with Crippen molar-refractivity contribution in [2.45, 2.75) is 31.3 Å². The molecule has 1 fully saturated rings. The largest absolute Gasteiger partial charge is 0.495 e. The van der Waals surface area contributed by atoms with Gasteiger partial charge in [-0.15, -0.1) is 0 Å². The first kappa shape index (κ1) is 9.09. The number of halogens is 1. The van der Waals surface area contributed by atoms with Gasteiger partial charge in [0.05, 0.1) is 13.3 Å². The topological polar surface area (TPSA) is 34.1 Å². The van der Waals surface area contributed by atoms with Gasteiger partial charge >= 0.3 is 0 Å². The average molecular weight is 208 g/mol. The Bertz CT molecular complexity index is 408. The Morgan fingerprint density at radius 3 is 3.20 bits per heavy atom. The molecule has 0 unspecified atom stereocenters. The van der Waals surface area contributed by atoms with Gasteiger partial charge in [0.1, 0.15) is 5.75 Å². The van der Waals surface area contributed by atoms with Crippen LogP contribution < -0.4 is 10.1 Å². The highest BCUT2D eigenvalue weighted by Gasteiger charge is 2.36. The van der Waals surface area contributed by atoms with E-state index in [1.54, 1.807) is 7.11 Å². The third kappa shape index (κ3) is 1.24. The van der Waals surface area contributed by atoms with Crippen molar-refractivity contribution in [3.63, 3.8) is 0 Å². The summed E-state index contributed by atoms with van der Waals surface area (Å²) in [4.78, 5) is 3.74. The maximum absolute atomic E-state index is 13.6. The molecule has 1 saturated heterocycles. The molecule has 1 aromatic heterocycles. The molecular weight excluding hydrogens is 195 g/mol. The molecule has 4 heteroatoms. The number of nitrogens with one attached hydrogen (secondary N) is 1. The van der Waals surface area contributed by atoms with E-state index < -0.39 is 0 Å². The Labute approximate surface area is 87.7 Å². The molecule has 2 atom stereocenters. The normalized spacial score (nSPS) is 27.6. The van der Waals surface area contributed by atoms with Crippen LogP contribution in [-0.4, -0.2) is 18.1 Å². The maximum atomic E-state index is 13.6. The lowest BCUT2D eigenvalue weighted by atomic mass is 9.96. The number of aromatic nitrogens is 1. The number of pyridine rings is 1. The first-order chi connectivity index (χ1) is 7.29. The van der Waals surface area contributed by atoms with Gasteiger partial charge in [-0.2, -0.15) is 4.39 Å². The number of fused-ring (bicyclic) bond motifs is 4. The summed E-state index contributed by atoms with van der Waals surface area (Å²) in [6.45, 7) is 0. The first-order valence-electron chi connectivity index (χ1n) is 5.27. The van der Waals surface area contributed by atoms with Crippen molar-refractivity contribution in [1.29, 1.82) is 0 Å². The number of hydrogen-bond donors (Lipinski definition) is 1. The summed E-state index contributed by atoms with van der Waals surface area (Å²) in [6.07, 6.45) is 4.40. The van der Waals surface area contributed by atoms with Gasteiger partial charge < -0.3 is 10.1 Å². The first-order valence-corrected chi connectivity index (χ1v) is 5.27. The van der Waals surface area contributed by atoms with Crippen molar-refractivity contribution >= 4 is 0 Å². The highest BCUT2D eigenvalue weighted by Crippen LogP contribution is 2.40. The van der Waals surface area contributed by atoms with Crippen molar-refractivity contribution < 1.29 is 9.13 Å². The second-order valence-electron chi connectivity index (χ2n) is 4.21. The molecule has 2 aliphatic rings. The summed E-state index contributed by atoms with van der Waals surface area (Å²) < 4.78 is 18.8. The Kier molecular flexibility index (Phi) is 1.92. The Morgan fingerprint density at radius 1 is 1.53 bits per heavy atom. The van der Waals surface area contributed by atoms with Gasteiger partial charge in [-0.1, -0.05) is 0 Å². The quantitative estimate of drug-likeness (QED) is 0.711. The molecule has 3 nitrogen and oxygen atoms in total. The second kappa shape index (κ2) is 3.17. The molecule has 0 spiro atoms. The van der Waals surface area contributed by atoms with Crippen LogP contribution in [-0.2, 0) is 6.42 Å². The van der Waals surface area contributed by atoms with E-state index in [9.17, 15) is 4.39 Å². The molecule has 2 aliphatic heterocycles. The maximum Gasteiger partial charge on any atom is 0.216 e. The highest BCUT2D eigenvalue weighted by molar-refractivity contribution is 5.43. The minimum Gasteiger partial charge on any atom is -0.495 e. The van der Waals surface area contributed by atoms with E-state index in [0.717, 1.165) is 30.4 Å². The number of nitrogens with zero attached hydrogens (tertiary/aromatic N) is 1. The van der Waals surface area contributed by atoms with E-state index in [0.29, 0.717) is 11.8 Å². The zero-order chi connectivity index (χ0) is 10.4. The number of hydrogen-bond acceptors (Lipinski definition) is 3. The molecule has 15 heavy (non-hydrogen) atoms. The van der Waals surface area contributed by atoms with Crippen molar-refractivity contribution in [3.05, 3.63) is 23.3 Å². The third-order valence-electron chi connectivity index (χ3n) is 3.39. The molecule has 3 rings (SSSR count). The SMILES string of the molecule is COc1cnc(F)c2c1[C@H]1CC[C@@H](C2)N1. The molecule has 1 aromatic rings. The zero-order valence-corrected chi connectivity index (χ0v) is 8.59. The summed E-state index contributed by atoms with van der Waals surface area (Å²) in [5.41, 5.74) is 1.74. The fourth-order valence-electron chi connectivity index (χ4n) is 2.72. The highest BCUT2D eigenvalue weighted by atomic mass is 19.1. The zero-order valence-electron chi connectivity index (χ0n) is 8.59. The molecule has 2 bridgehead atoms. The van der Waals surface area contributed by atoms with E-state index in [4.69, 9.17) is 4.74 Å². The molecule has 0 aromatic carbocycles. The van der Waals surface area contributed by atoms with Crippen molar-refractivity contribution in [3.8, 4) is 5.75 Å². The summed E-state index contributed by atoms with van der Waals surface area (Å²) in [7, 11) is 1.61. The van der Waals surface area contributed by atoms with Crippen LogP contribution in [0.25, 0.3) is 0 Å². The van der Waals surface area contributed by atoms with Crippen LogP contribution in [0, 0.1) is 5.95 Å². The van der Waals surface area contributed by atoms with Gasteiger partial charge in [0.15, 0.2) is 0 Å². The van der Waals surface area contributed by atoms with Gasteiger partial charge in [0, 0.05) is 23.2 Å². The van der Waals surface area contributed by atoms with Crippen LogP contribution in [0.2, 0.25) is 0 Å². The molecule has 3 heterocycles. The van der Waals surface area contributed by atoms with Crippen molar-refractivity contribution in [1.82, 2.24) is 10.3 Å². The van der Waals surface area contributed by atoms with Crippen LogP contribution in [0.15, 0.2) is 6.20 Å². The number of rotatable bonds is 1. The molecule has 0 amide bonds. The number of methoxy groups -OCH3 is 1. The second-order valence-corrected chi connectivity index (χ2v) is 4.21. The molecular formula is C11H13FN2O. The lowest BCUT2D eigenvalue weighted by Gasteiger charge is -2.26. The van der Waals surface area contributed by atoms with Gasteiger partial charge in [0.2, 0.25) is 5.95 Å². The molecule has 0 radical (unpaired) electrons. The minimum atomic E-state index is -0.329. The summed E-state index contributed by atoms with van der Waals surface area (Å²) in [6, 6.07) is 0.678. The predicted octanol–water partition coefficient (Wildman–Crippen LogP) is 1.58. The smallest absolute Gasteiger partial charge is 0.216 e. The van der Waals surface area contributed by atoms with E-state index in [2.05, 4.69) is 10.3 Å². The van der Waals surface area contributed by atoms with E-state index in [-0.39, 0.29) is 12.0 Å². The van der Waals surface area contributed by atoms with Crippen molar-refractivity contribution in [2.75, 3.05) is 7.11 Å². The standard InChI is InChI=1S/C11H13FN2O/c1-15-9-5-13-11(12)7-4-6-2-3-8(14-6)10(7)9/h5-6,8,14H,2-4H2,1H3/t6-,8+/m0/s1. The van der Waals surface area contributed by atoms with Crippen LogP contribution in [0.3, 0.4) is 0 Å². The average Bonchev–Trinajstić information content (AvgIpc) is 2.63. The lowest BCUT2D eigenvalue weighted by molar-refractivity contribution is 0.385. The number of ether oxygens (including phenoxy) is 1. The Balaban J connectivity index is 2.18.